The molecule has 1 nitrogen and oxygen atoms in total. The van der Waals surface area contributed by atoms with Crippen LogP contribution in [-0.2, 0) is 0 Å². The van der Waals surface area contributed by atoms with Crippen LogP contribution in [0.15, 0.2) is 0 Å². The molecule has 1 saturated heterocycles. The maximum Gasteiger partial charge on any atom is 0.133 e. The second kappa shape index (κ2) is 3.31. The highest BCUT2D eigenvalue weighted by Crippen LogP contribution is 2.29. The predicted octanol–water partition coefficient (Wildman–Crippen LogP) is 2.32. The number of thiol groups is 1. The Hall–Kier alpha value is 0.240. The minimum atomic E-state index is 0.509. The van der Waals surface area contributed by atoms with E-state index < -0.39 is 0 Å². The fourth-order valence-corrected chi connectivity index (χ4v) is 1.69. The van der Waals surface area contributed by atoms with E-state index in [1.807, 2.05) is 0 Å². The number of thiocarbonyl (C=S) groups is 1. The standard InChI is InChI=1S/C8H15NS2/c1-8(2)3-5-9(6-4-8)7(10)11/h3-6H2,1-2H3,(H,10,11). The van der Waals surface area contributed by atoms with Gasteiger partial charge in [-0.05, 0) is 18.3 Å². The highest BCUT2D eigenvalue weighted by atomic mass is 32.1. The summed E-state index contributed by atoms with van der Waals surface area (Å²) < 4.78 is 0.750. The Kier molecular flexibility index (Phi) is 2.81. The number of likely N-dealkylation sites (tertiary alicyclic amines) is 1. The molecular formula is C8H15NS2. The summed E-state index contributed by atoms with van der Waals surface area (Å²) in [4.78, 5) is 2.17. The van der Waals surface area contributed by atoms with Crippen LogP contribution in [0.2, 0.25) is 0 Å². The van der Waals surface area contributed by atoms with Crippen molar-refractivity contribution < 1.29 is 0 Å². The van der Waals surface area contributed by atoms with E-state index in [9.17, 15) is 0 Å². The molecule has 0 saturated carbocycles. The molecular weight excluding hydrogens is 174 g/mol. The Balaban J connectivity index is 2.42. The van der Waals surface area contributed by atoms with Gasteiger partial charge in [0.1, 0.15) is 4.32 Å². The van der Waals surface area contributed by atoms with Gasteiger partial charge in [0.2, 0.25) is 0 Å². The van der Waals surface area contributed by atoms with Crippen molar-refractivity contribution in [1.29, 1.82) is 0 Å². The Bertz CT molecular complexity index is 155. The van der Waals surface area contributed by atoms with E-state index >= 15 is 0 Å². The van der Waals surface area contributed by atoms with E-state index in [2.05, 4.69) is 31.4 Å². The van der Waals surface area contributed by atoms with Crippen LogP contribution in [-0.4, -0.2) is 22.3 Å². The van der Waals surface area contributed by atoms with Gasteiger partial charge >= 0.3 is 0 Å². The molecule has 1 aliphatic heterocycles. The molecule has 1 fully saturated rings. The third kappa shape index (κ3) is 2.64. The molecule has 3 heteroatoms. The van der Waals surface area contributed by atoms with Crippen molar-refractivity contribution in [3.63, 3.8) is 0 Å². The molecule has 0 aliphatic carbocycles. The zero-order valence-electron chi connectivity index (χ0n) is 7.13. The zero-order valence-corrected chi connectivity index (χ0v) is 8.84. The topological polar surface area (TPSA) is 3.24 Å². The molecule has 64 valence electrons. The molecule has 0 aromatic heterocycles. The minimum Gasteiger partial charge on any atom is -0.358 e. The highest BCUT2D eigenvalue weighted by molar-refractivity contribution is 8.10. The summed E-state index contributed by atoms with van der Waals surface area (Å²) in [7, 11) is 0. The summed E-state index contributed by atoms with van der Waals surface area (Å²) in [5.41, 5.74) is 0.509. The molecule has 11 heavy (non-hydrogen) atoms. The van der Waals surface area contributed by atoms with E-state index in [1.54, 1.807) is 0 Å². The molecule has 0 atom stereocenters. The zero-order chi connectivity index (χ0) is 8.48. The van der Waals surface area contributed by atoms with Crippen LogP contribution in [0.3, 0.4) is 0 Å². The maximum absolute atomic E-state index is 4.98. The lowest BCUT2D eigenvalue weighted by molar-refractivity contribution is 0.193. The molecule has 0 spiro atoms. The Morgan fingerprint density at radius 3 is 2.18 bits per heavy atom. The normalized spacial score (nSPS) is 23.4. The molecule has 1 rings (SSSR count). The first kappa shape index (κ1) is 9.33. The first-order chi connectivity index (χ1) is 5.01. The lowest BCUT2D eigenvalue weighted by Gasteiger charge is -2.37. The molecule has 0 bridgehead atoms. The highest BCUT2D eigenvalue weighted by Gasteiger charge is 2.25. The van der Waals surface area contributed by atoms with Crippen molar-refractivity contribution in [3.05, 3.63) is 0 Å². The number of rotatable bonds is 0. The largest absolute Gasteiger partial charge is 0.358 e. The Morgan fingerprint density at radius 1 is 1.36 bits per heavy atom. The molecule has 0 radical (unpaired) electrons. The van der Waals surface area contributed by atoms with Gasteiger partial charge in [0.15, 0.2) is 0 Å². The van der Waals surface area contributed by atoms with Gasteiger partial charge in [-0.3, -0.25) is 0 Å². The second-order valence-electron chi connectivity index (χ2n) is 3.93. The molecule has 0 unspecified atom stereocenters. The summed E-state index contributed by atoms with van der Waals surface area (Å²) in [5.74, 6) is 0. The van der Waals surface area contributed by atoms with Crippen molar-refractivity contribution in [2.75, 3.05) is 13.1 Å². The Morgan fingerprint density at radius 2 is 1.82 bits per heavy atom. The van der Waals surface area contributed by atoms with Crippen LogP contribution in [0.4, 0.5) is 0 Å². The summed E-state index contributed by atoms with van der Waals surface area (Å²) in [5, 5.41) is 0. The first-order valence-electron chi connectivity index (χ1n) is 3.99. The van der Waals surface area contributed by atoms with Gasteiger partial charge in [-0.25, -0.2) is 0 Å². The van der Waals surface area contributed by atoms with Crippen LogP contribution >= 0.6 is 24.8 Å². The number of piperidine rings is 1. The molecule has 0 aromatic carbocycles. The van der Waals surface area contributed by atoms with Crippen molar-refractivity contribution >= 4 is 29.2 Å². The fraction of sp³-hybridized carbons (Fsp3) is 0.875. The van der Waals surface area contributed by atoms with E-state index in [1.165, 1.54) is 12.8 Å². The first-order valence-corrected chi connectivity index (χ1v) is 4.85. The van der Waals surface area contributed by atoms with Crippen molar-refractivity contribution in [1.82, 2.24) is 4.90 Å². The van der Waals surface area contributed by atoms with E-state index in [4.69, 9.17) is 12.2 Å². The summed E-state index contributed by atoms with van der Waals surface area (Å²) in [6.07, 6.45) is 2.46. The van der Waals surface area contributed by atoms with E-state index in [0.29, 0.717) is 5.41 Å². The van der Waals surface area contributed by atoms with Gasteiger partial charge in [0.05, 0.1) is 0 Å². The van der Waals surface area contributed by atoms with Gasteiger partial charge in [0.25, 0.3) is 0 Å². The summed E-state index contributed by atoms with van der Waals surface area (Å²) in [6.45, 7) is 6.78. The quantitative estimate of drug-likeness (QED) is 0.460. The predicted molar refractivity (Wildman–Crippen MR) is 56.2 cm³/mol. The van der Waals surface area contributed by atoms with Crippen LogP contribution in [0.5, 0.6) is 0 Å². The number of nitrogens with zero attached hydrogens (tertiary/aromatic N) is 1. The smallest absolute Gasteiger partial charge is 0.133 e. The third-order valence-corrected chi connectivity index (χ3v) is 2.93. The van der Waals surface area contributed by atoms with Crippen molar-refractivity contribution in [2.24, 2.45) is 5.41 Å². The van der Waals surface area contributed by atoms with Gasteiger partial charge in [-0.1, -0.05) is 26.1 Å². The molecule has 0 amide bonds. The molecule has 0 N–H and O–H groups in total. The van der Waals surface area contributed by atoms with E-state index in [0.717, 1.165) is 17.4 Å². The Labute approximate surface area is 79.6 Å². The number of hydrogen-bond acceptors (Lipinski definition) is 1. The van der Waals surface area contributed by atoms with Crippen molar-refractivity contribution in [3.8, 4) is 0 Å². The summed E-state index contributed by atoms with van der Waals surface area (Å²) >= 11 is 9.14. The van der Waals surface area contributed by atoms with Gasteiger partial charge in [-0.15, -0.1) is 12.6 Å². The van der Waals surface area contributed by atoms with E-state index in [-0.39, 0.29) is 0 Å². The number of hydrogen-bond donors (Lipinski definition) is 1. The van der Waals surface area contributed by atoms with Crippen LogP contribution in [0, 0.1) is 5.41 Å². The second-order valence-corrected chi connectivity index (χ2v) is 5.05. The van der Waals surface area contributed by atoms with Crippen LogP contribution in [0.25, 0.3) is 0 Å². The van der Waals surface area contributed by atoms with Gasteiger partial charge in [0, 0.05) is 13.1 Å². The monoisotopic (exact) mass is 189 g/mol. The molecule has 1 heterocycles. The average molecular weight is 189 g/mol. The summed E-state index contributed by atoms with van der Waals surface area (Å²) in [6, 6.07) is 0. The molecule has 1 aliphatic rings. The van der Waals surface area contributed by atoms with Gasteiger partial charge in [-0.2, -0.15) is 0 Å². The maximum atomic E-state index is 4.98. The fourth-order valence-electron chi connectivity index (χ4n) is 1.30. The SMILES string of the molecule is CC1(C)CCN(C(=S)S)CC1. The average Bonchev–Trinajstić information content (AvgIpc) is 1.86. The lowest BCUT2D eigenvalue weighted by Crippen LogP contribution is -2.38. The third-order valence-electron chi connectivity index (χ3n) is 2.39. The van der Waals surface area contributed by atoms with Crippen LogP contribution < -0.4 is 0 Å². The lowest BCUT2D eigenvalue weighted by atomic mass is 9.83. The molecule has 0 aromatic rings. The van der Waals surface area contributed by atoms with Crippen molar-refractivity contribution in [2.45, 2.75) is 26.7 Å². The van der Waals surface area contributed by atoms with Gasteiger partial charge < -0.3 is 4.90 Å². The minimum absolute atomic E-state index is 0.509. The van der Waals surface area contributed by atoms with Crippen LogP contribution in [0.1, 0.15) is 26.7 Å².